The minimum Gasteiger partial charge on any atom is -0.345 e. The molecule has 5 rings (SSSR count). The topological polar surface area (TPSA) is 65.9 Å². The van der Waals surface area contributed by atoms with Crippen molar-refractivity contribution >= 4 is 15.9 Å². The summed E-state index contributed by atoms with van der Waals surface area (Å²) in [6.45, 7) is 5.32. The van der Waals surface area contributed by atoms with Gasteiger partial charge in [0.25, 0.3) is 0 Å². The lowest BCUT2D eigenvalue weighted by Gasteiger charge is -2.36. The molecule has 0 spiro atoms. The summed E-state index contributed by atoms with van der Waals surface area (Å²) in [6, 6.07) is 7.50. The predicted octanol–water partition coefficient (Wildman–Crippen LogP) is 4.12. The molecule has 208 valence electrons. The maximum atomic E-state index is 13.4. The van der Waals surface area contributed by atoms with Crippen molar-refractivity contribution in [3.05, 3.63) is 53.3 Å². The van der Waals surface area contributed by atoms with Crippen molar-refractivity contribution in [3.8, 4) is 0 Å². The number of carbonyl (C=O) groups excluding carboxylic acids is 1. The number of likely N-dealkylation sites (tertiary alicyclic amines) is 1. The number of alkyl halides is 3. The Balaban J connectivity index is 1.25. The summed E-state index contributed by atoms with van der Waals surface area (Å²) in [5.74, 6) is -0.118. The van der Waals surface area contributed by atoms with Crippen LogP contribution in [-0.4, -0.2) is 71.8 Å². The van der Waals surface area contributed by atoms with E-state index in [1.54, 1.807) is 4.90 Å². The van der Waals surface area contributed by atoms with Crippen molar-refractivity contribution in [3.63, 3.8) is 0 Å². The lowest BCUT2D eigenvalue weighted by molar-refractivity contribution is -0.137. The molecule has 1 aromatic heterocycles. The average Bonchev–Trinajstić information content (AvgIpc) is 3.57. The standard InChI is InChI=1S/C27H35F3N4O3S/c28-27(29,30)21-6-5-8-25(18-21)38(36,37)34-14-2-1-7-23(34)19-26(35)32-16-17-33-22(9-10-24(33)20-32)11-15-31-12-3-4-13-31/h5-6,8-10,18,23H,1-4,7,11-17,19-20H2. The third-order valence-corrected chi connectivity index (χ3v) is 10.0. The summed E-state index contributed by atoms with van der Waals surface area (Å²) in [6.07, 6.45) is 0.804. The molecule has 3 aliphatic heterocycles. The Bertz CT molecular complexity index is 1250. The number of rotatable bonds is 7. The summed E-state index contributed by atoms with van der Waals surface area (Å²) >= 11 is 0. The summed E-state index contributed by atoms with van der Waals surface area (Å²) in [4.78, 5) is 17.2. The van der Waals surface area contributed by atoms with Gasteiger partial charge in [-0.15, -0.1) is 0 Å². The highest BCUT2D eigenvalue weighted by molar-refractivity contribution is 7.89. The molecule has 4 heterocycles. The zero-order valence-electron chi connectivity index (χ0n) is 21.5. The van der Waals surface area contributed by atoms with Crippen molar-refractivity contribution < 1.29 is 26.4 Å². The Hall–Kier alpha value is -2.37. The third kappa shape index (κ3) is 5.79. The molecule has 7 nitrogen and oxygen atoms in total. The Kier molecular flexibility index (Phi) is 7.89. The van der Waals surface area contributed by atoms with Crippen LogP contribution in [0.4, 0.5) is 13.2 Å². The number of nitrogens with zero attached hydrogens (tertiary/aromatic N) is 4. The number of carbonyl (C=O) groups is 1. The smallest absolute Gasteiger partial charge is 0.345 e. The van der Waals surface area contributed by atoms with E-state index in [1.807, 2.05) is 0 Å². The molecule has 0 N–H and O–H groups in total. The Morgan fingerprint density at radius 3 is 2.47 bits per heavy atom. The minimum atomic E-state index is -4.64. The van der Waals surface area contributed by atoms with Crippen molar-refractivity contribution in [1.82, 2.24) is 18.7 Å². The number of halogens is 3. The van der Waals surface area contributed by atoms with Gasteiger partial charge < -0.3 is 14.4 Å². The van der Waals surface area contributed by atoms with E-state index in [2.05, 4.69) is 21.6 Å². The summed E-state index contributed by atoms with van der Waals surface area (Å²) in [5.41, 5.74) is 1.36. The lowest BCUT2D eigenvalue weighted by Crippen LogP contribution is -2.47. The van der Waals surface area contributed by atoms with Gasteiger partial charge in [-0.25, -0.2) is 8.42 Å². The normalized spacial score (nSPS) is 21.6. The molecule has 1 amide bonds. The highest BCUT2D eigenvalue weighted by Crippen LogP contribution is 2.33. The number of sulfonamides is 1. The van der Waals surface area contributed by atoms with Gasteiger partial charge in [0.15, 0.2) is 0 Å². The molecule has 1 aromatic carbocycles. The number of benzene rings is 1. The molecule has 0 saturated carbocycles. The molecular formula is C27H35F3N4O3S. The van der Waals surface area contributed by atoms with Crippen LogP contribution in [0.3, 0.4) is 0 Å². The van der Waals surface area contributed by atoms with E-state index in [0.29, 0.717) is 38.5 Å². The van der Waals surface area contributed by atoms with Crippen LogP contribution in [0.1, 0.15) is 55.5 Å². The van der Waals surface area contributed by atoms with E-state index in [9.17, 15) is 26.4 Å². The van der Waals surface area contributed by atoms with Gasteiger partial charge in [0.2, 0.25) is 15.9 Å². The van der Waals surface area contributed by atoms with Crippen LogP contribution in [0.15, 0.2) is 41.3 Å². The van der Waals surface area contributed by atoms with Crippen LogP contribution in [0, 0.1) is 0 Å². The van der Waals surface area contributed by atoms with E-state index < -0.39 is 27.8 Å². The lowest BCUT2D eigenvalue weighted by atomic mass is 10.0. The van der Waals surface area contributed by atoms with E-state index >= 15 is 0 Å². The van der Waals surface area contributed by atoms with Crippen LogP contribution in [0.2, 0.25) is 0 Å². The molecule has 11 heteroatoms. The summed E-state index contributed by atoms with van der Waals surface area (Å²) in [7, 11) is -4.17. The van der Waals surface area contributed by atoms with Crippen LogP contribution < -0.4 is 0 Å². The minimum absolute atomic E-state index is 0.0285. The molecule has 1 atom stereocenters. The third-order valence-electron chi connectivity index (χ3n) is 8.09. The second kappa shape index (κ2) is 11.0. The van der Waals surface area contributed by atoms with Gasteiger partial charge in [-0.1, -0.05) is 12.5 Å². The Morgan fingerprint density at radius 1 is 0.947 bits per heavy atom. The van der Waals surface area contributed by atoms with Gasteiger partial charge in [-0.3, -0.25) is 4.79 Å². The molecule has 3 aliphatic rings. The maximum absolute atomic E-state index is 13.4. The van der Waals surface area contributed by atoms with Crippen molar-refractivity contribution in [2.24, 2.45) is 0 Å². The number of aromatic nitrogens is 1. The number of amides is 1. The number of hydrogen-bond donors (Lipinski definition) is 0. The molecule has 2 aromatic rings. The first-order chi connectivity index (χ1) is 18.1. The number of hydrogen-bond acceptors (Lipinski definition) is 4. The SMILES string of the molecule is O=C(CC1CCCCN1S(=O)(=O)c1cccc(C(F)(F)F)c1)N1CCn2c(CCN3CCCC3)ccc2C1. The first kappa shape index (κ1) is 27.2. The molecule has 0 radical (unpaired) electrons. The monoisotopic (exact) mass is 552 g/mol. The quantitative estimate of drug-likeness (QED) is 0.519. The van der Waals surface area contributed by atoms with Gasteiger partial charge in [-0.2, -0.15) is 17.5 Å². The highest BCUT2D eigenvalue weighted by Gasteiger charge is 2.38. The fourth-order valence-corrected chi connectivity index (χ4v) is 7.72. The second-order valence-electron chi connectivity index (χ2n) is 10.6. The largest absolute Gasteiger partial charge is 0.416 e. The molecule has 38 heavy (non-hydrogen) atoms. The van der Waals surface area contributed by atoms with Crippen LogP contribution in [0.5, 0.6) is 0 Å². The van der Waals surface area contributed by atoms with E-state index in [4.69, 9.17) is 0 Å². The molecule has 0 bridgehead atoms. The van der Waals surface area contributed by atoms with Gasteiger partial charge in [0.05, 0.1) is 17.0 Å². The number of fused-ring (bicyclic) bond motifs is 1. The molecule has 1 unspecified atom stereocenters. The zero-order valence-corrected chi connectivity index (χ0v) is 22.3. The van der Waals surface area contributed by atoms with Crippen molar-refractivity contribution in [2.75, 3.05) is 32.7 Å². The molecule has 0 aliphatic carbocycles. The number of piperidine rings is 1. The first-order valence-corrected chi connectivity index (χ1v) is 14.9. The van der Waals surface area contributed by atoms with Gasteiger partial charge >= 0.3 is 6.18 Å². The van der Waals surface area contributed by atoms with E-state index in [1.165, 1.54) is 28.9 Å². The maximum Gasteiger partial charge on any atom is 0.416 e. The van der Waals surface area contributed by atoms with Crippen LogP contribution >= 0.6 is 0 Å². The Morgan fingerprint density at radius 2 is 1.71 bits per heavy atom. The summed E-state index contributed by atoms with van der Waals surface area (Å²) < 4.78 is 69.9. The second-order valence-corrected chi connectivity index (χ2v) is 12.5. The highest BCUT2D eigenvalue weighted by atomic mass is 32.2. The van der Waals surface area contributed by atoms with E-state index in [-0.39, 0.29) is 23.8 Å². The predicted molar refractivity (Wildman–Crippen MR) is 137 cm³/mol. The van der Waals surface area contributed by atoms with Crippen LogP contribution in [-0.2, 0) is 40.5 Å². The van der Waals surface area contributed by atoms with Crippen LogP contribution in [0.25, 0.3) is 0 Å². The first-order valence-electron chi connectivity index (χ1n) is 13.5. The van der Waals surface area contributed by atoms with Crippen molar-refractivity contribution in [1.29, 1.82) is 0 Å². The summed E-state index contributed by atoms with van der Waals surface area (Å²) in [5, 5.41) is 0. The molecular weight excluding hydrogens is 517 g/mol. The molecule has 2 saturated heterocycles. The Labute approximate surface area is 222 Å². The van der Waals surface area contributed by atoms with E-state index in [0.717, 1.165) is 50.3 Å². The average molecular weight is 553 g/mol. The van der Waals surface area contributed by atoms with Gasteiger partial charge in [0.1, 0.15) is 0 Å². The van der Waals surface area contributed by atoms with Crippen molar-refractivity contribution in [2.45, 2.75) is 75.1 Å². The van der Waals surface area contributed by atoms with Gasteiger partial charge in [-0.05, 0) is 69.1 Å². The fourth-order valence-electron chi connectivity index (χ4n) is 5.98. The fraction of sp³-hybridized carbons (Fsp3) is 0.593. The van der Waals surface area contributed by atoms with Gasteiger partial charge in [0, 0.05) is 56.5 Å². The zero-order chi connectivity index (χ0) is 26.9. The molecule has 2 fully saturated rings.